The Morgan fingerprint density at radius 3 is 2.55 bits per heavy atom. The Bertz CT molecular complexity index is 560. The molecule has 22 heavy (non-hydrogen) atoms. The van der Waals surface area contributed by atoms with Crippen LogP contribution in [0.25, 0.3) is 0 Å². The Balaban J connectivity index is 1.98. The normalized spacial score (nSPS) is 21.2. The highest BCUT2D eigenvalue weighted by atomic mass is 15.2. The van der Waals surface area contributed by atoms with E-state index < -0.39 is 0 Å². The van der Waals surface area contributed by atoms with Gasteiger partial charge in [0, 0.05) is 67.1 Å². The summed E-state index contributed by atoms with van der Waals surface area (Å²) < 4.78 is 0. The summed E-state index contributed by atoms with van der Waals surface area (Å²) in [6.07, 6.45) is 3.90. The van der Waals surface area contributed by atoms with Gasteiger partial charge in [0.25, 0.3) is 0 Å². The number of nitrogens with zero attached hydrogens (tertiary/aromatic N) is 2. The number of hydrogen-bond acceptors (Lipinski definition) is 5. The predicted molar refractivity (Wildman–Crippen MR) is 94.5 cm³/mol. The van der Waals surface area contributed by atoms with Crippen LogP contribution in [0.1, 0.15) is 32.3 Å². The molecule has 5 nitrogen and oxygen atoms in total. The maximum atomic E-state index is 7.76. The van der Waals surface area contributed by atoms with Crippen LogP contribution in [-0.2, 0) is 0 Å². The first kappa shape index (κ1) is 15.2. The summed E-state index contributed by atoms with van der Waals surface area (Å²) in [6.45, 7) is 9.49. The summed E-state index contributed by atoms with van der Waals surface area (Å²) in [4.78, 5) is 4.77. The molecule has 2 aliphatic heterocycles. The molecular formula is C17H27N5. The van der Waals surface area contributed by atoms with E-state index in [1.54, 1.807) is 0 Å². The quantitative estimate of drug-likeness (QED) is 0.590. The van der Waals surface area contributed by atoms with Crippen molar-refractivity contribution in [3.05, 3.63) is 17.7 Å². The molecule has 0 bridgehead atoms. The molecule has 0 aliphatic carbocycles. The van der Waals surface area contributed by atoms with Gasteiger partial charge < -0.3 is 26.3 Å². The van der Waals surface area contributed by atoms with E-state index >= 15 is 0 Å². The van der Waals surface area contributed by atoms with Crippen LogP contribution in [0.15, 0.2) is 12.1 Å². The molecule has 0 amide bonds. The van der Waals surface area contributed by atoms with Crippen LogP contribution in [0.4, 0.5) is 17.1 Å². The van der Waals surface area contributed by atoms with Gasteiger partial charge in [-0.3, -0.25) is 0 Å². The maximum absolute atomic E-state index is 7.76. The fraction of sp³-hybridized carbons (Fsp3) is 0.588. The highest BCUT2D eigenvalue weighted by molar-refractivity contribution is 5.95. The third kappa shape index (κ3) is 2.90. The topological polar surface area (TPSA) is 68.4 Å². The minimum atomic E-state index is 0.0793. The van der Waals surface area contributed by atoms with E-state index in [2.05, 4.69) is 35.0 Å². The van der Waals surface area contributed by atoms with Crippen LogP contribution in [0.3, 0.4) is 0 Å². The summed E-state index contributed by atoms with van der Waals surface area (Å²) in [5.74, 6) is 0. The number of nitrogens with two attached hydrogens (primary N) is 1. The predicted octanol–water partition coefficient (Wildman–Crippen LogP) is 2.05. The standard InChI is InChI=1S/C17H27N5/c1-17(2)12-22(8-5-20-17)16-10-13(21-6-3-4-7-21)9-15(19)14(16)11-18/h9-11,18,20H,3-8,12,19H2,1-2H3. The molecule has 0 atom stereocenters. The van der Waals surface area contributed by atoms with E-state index in [0.29, 0.717) is 5.69 Å². The fourth-order valence-electron chi connectivity index (χ4n) is 3.57. The number of nitrogens with one attached hydrogen (secondary N) is 2. The minimum Gasteiger partial charge on any atom is -0.398 e. The van der Waals surface area contributed by atoms with E-state index in [-0.39, 0.29) is 5.54 Å². The Morgan fingerprint density at radius 1 is 1.18 bits per heavy atom. The van der Waals surface area contributed by atoms with Crippen LogP contribution in [-0.4, -0.2) is 44.5 Å². The largest absolute Gasteiger partial charge is 0.398 e. The number of anilines is 3. The van der Waals surface area contributed by atoms with Gasteiger partial charge in [0.2, 0.25) is 0 Å². The third-order valence-electron chi connectivity index (χ3n) is 4.70. The molecule has 0 radical (unpaired) electrons. The van der Waals surface area contributed by atoms with Gasteiger partial charge in [0.1, 0.15) is 0 Å². The lowest BCUT2D eigenvalue weighted by Crippen LogP contribution is -2.57. The molecule has 2 saturated heterocycles. The summed E-state index contributed by atoms with van der Waals surface area (Å²) >= 11 is 0. The second-order valence-corrected chi connectivity index (χ2v) is 7.04. The average Bonchev–Trinajstić information content (AvgIpc) is 2.99. The van der Waals surface area contributed by atoms with Crippen molar-refractivity contribution in [2.75, 3.05) is 48.3 Å². The van der Waals surface area contributed by atoms with E-state index in [9.17, 15) is 0 Å². The van der Waals surface area contributed by atoms with E-state index in [0.717, 1.165) is 44.0 Å². The van der Waals surface area contributed by atoms with Crippen molar-refractivity contribution >= 4 is 23.3 Å². The molecule has 2 fully saturated rings. The Kier molecular flexibility index (Phi) is 4.00. The zero-order chi connectivity index (χ0) is 15.7. The Hall–Kier alpha value is -1.75. The second-order valence-electron chi connectivity index (χ2n) is 7.04. The monoisotopic (exact) mass is 301 g/mol. The highest BCUT2D eigenvalue weighted by Gasteiger charge is 2.28. The molecule has 1 aromatic rings. The fourth-order valence-corrected chi connectivity index (χ4v) is 3.57. The van der Waals surface area contributed by atoms with Crippen LogP contribution in [0.2, 0.25) is 0 Å². The van der Waals surface area contributed by atoms with Crippen LogP contribution < -0.4 is 20.9 Å². The first-order chi connectivity index (χ1) is 10.5. The van der Waals surface area contributed by atoms with Gasteiger partial charge in [0.15, 0.2) is 0 Å². The highest BCUT2D eigenvalue weighted by Crippen LogP contribution is 2.33. The van der Waals surface area contributed by atoms with Gasteiger partial charge in [-0.1, -0.05) is 0 Å². The zero-order valence-electron chi connectivity index (χ0n) is 13.7. The first-order valence-corrected chi connectivity index (χ1v) is 8.19. The SMILES string of the molecule is CC1(C)CN(c2cc(N3CCCC3)cc(N)c2C=N)CCN1. The van der Waals surface area contributed by atoms with Crippen LogP contribution in [0.5, 0.6) is 0 Å². The van der Waals surface area contributed by atoms with Crippen molar-refractivity contribution in [1.82, 2.24) is 5.32 Å². The van der Waals surface area contributed by atoms with Crippen molar-refractivity contribution in [2.24, 2.45) is 0 Å². The third-order valence-corrected chi connectivity index (χ3v) is 4.70. The molecule has 0 unspecified atom stereocenters. The van der Waals surface area contributed by atoms with Crippen LogP contribution >= 0.6 is 0 Å². The number of hydrogen-bond donors (Lipinski definition) is 3. The number of benzene rings is 1. The summed E-state index contributed by atoms with van der Waals surface area (Å²) in [5, 5.41) is 11.3. The lowest BCUT2D eigenvalue weighted by molar-refractivity contribution is 0.353. The Morgan fingerprint density at radius 2 is 1.91 bits per heavy atom. The van der Waals surface area contributed by atoms with Gasteiger partial charge >= 0.3 is 0 Å². The van der Waals surface area contributed by atoms with Crippen molar-refractivity contribution in [3.63, 3.8) is 0 Å². The molecule has 120 valence electrons. The number of nitrogen functional groups attached to an aromatic ring is 1. The van der Waals surface area contributed by atoms with Gasteiger partial charge in [0.05, 0.1) is 0 Å². The minimum absolute atomic E-state index is 0.0793. The van der Waals surface area contributed by atoms with Crippen molar-refractivity contribution in [1.29, 1.82) is 5.41 Å². The lowest BCUT2D eigenvalue weighted by atomic mass is 10.00. The van der Waals surface area contributed by atoms with Gasteiger partial charge in [-0.05, 0) is 38.8 Å². The van der Waals surface area contributed by atoms with Gasteiger partial charge in [-0.2, -0.15) is 0 Å². The molecule has 0 aromatic heterocycles. The van der Waals surface area contributed by atoms with Gasteiger partial charge in [-0.15, -0.1) is 0 Å². The Labute approximate surface area is 133 Å². The molecular weight excluding hydrogens is 274 g/mol. The molecule has 4 N–H and O–H groups in total. The van der Waals surface area contributed by atoms with Crippen molar-refractivity contribution in [2.45, 2.75) is 32.2 Å². The van der Waals surface area contributed by atoms with Crippen LogP contribution in [0, 0.1) is 5.41 Å². The molecule has 0 saturated carbocycles. The number of rotatable bonds is 3. The smallest absolute Gasteiger partial charge is 0.0498 e. The van der Waals surface area contributed by atoms with E-state index in [1.807, 2.05) is 6.07 Å². The number of piperazine rings is 1. The molecule has 0 spiro atoms. The second kappa shape index (κ2) is 5.80. The summed E-state index contributed by atoms with van der Waals surface area (Å²) in [5.41, 5.74) is 10.2. The van der Waals surface area contributed by atoms with Crippen molar-refractivity contribution < 1.29 is 0 Å². The first-order valence-electron chi connectivity index (χ1n) is 8.19. The summed E-state index contributed by atoms with van der Waals surface area (Å²) in [7, 11) is 0. The maximum Gasteiger partial charge on any atom is 0.0498 e. The van der Waals surface area contributed by atoms with E-state index in [4.69, 9.17) is 11.1 Å². The van der Waals surface area contributed by atoms with Gasteiger partial charge in [-0.25, -0.2) is 0 Å². The molecule has 1 aromatic carbocycles. The lowest BCUT2D eigenvalue weighted by Gasteiger charge is -2.41. The molecule has 5 heteroatoms. The summed E-state index contributed by atoms with van der Waals surface area (Å²) in [6, 6.07) is 4.26. The average molecular weight is 301 g/mol. The van der Waals surface area contributed by atoms with E-state index in [1.165, 1.54) is 24.7 Å². The van der Waals surface area contributed by atoms with Crippen molar-refractivity contribution in [3.8, 4) is 0 Å². The zero-order valence-corrected chi connectivity index (χ0v) is 13.7. The molecule has 2 heterocycles. The molecule has 3 rings (SSSR count). The molecule has 2 aliphatic rings.